The van der Waals surface area contributed by atoms with Crippen molar-refractivity contribution in [2.45, 2.75) is 17.8 Å². The van der Waals surface area contributed by atoms with Gasteiger partial charge in [0, 0.05) is 5.75 Å². The van der Waals surface area contributed by atoms with Gasteiger partial charge in [0.05, 0.1) is 12.6 Å². The molecular weight excluding hydrogens is 296 g/mol. The Morgan fingerprint density at radius 2 is 1.68 bits per heavy atom. The molecule has 0 saturated heterocycles. The van der Waals surface area contributed by atoms with Crippen LogP contribution in [0.4, 0.5) is 0 Å². The molecule has 1 aromatic heterocycles. The van der Waals surface area contributed by atoms with Crippen LogP contribution in [-0.2, 0) is 6.54 Å². The van der Waals surface area contributed by atoms with Crippen molar-refractivity contribution in [3.8, 4) is 0 Å². The molecule has 0 aliphatic carbocycles. The molecule has 0 unspecified atom stereocenters. The van der Waals surface area contributed by atoms with Gasteiger partial charge in [0.1, 0.15) is 0 Å². The second-order valence-corrected chi connectivity index (χ2v) is 5.83. The standard InChI is InChI=1S/C16H16N4OS/c21-15(14-9-5-2-6-10-14)12-22-16-17-18-19-20(16)11-13-7-3-1-4-8-13/h1-10,15,21H,11-12H2/t15-/m1/s1. The number of benzene rings is 2. The van der Waals surface area contributed by atoms with E-state index in [1.54, 1.807) is 4.68 Å². The van der Waals surface area contributed by atoms with E-state index in [4.69, 9.17) is 0 Å². The van der Waals surface area contributed by atoms with Gasteiger partial charge in [-0.25, -0.2) is 4.68 Å². The Kier molecular flexibility index (Phi) is 4.82. The van der Waals surface area contributed by atoms with Crippen LogP contribution in [0.1, 0.15) is 17.2 Å². The highest BCUT2D eigenvalue weighted by Gasteiger charge is 2.12. The van der Waals surface area contributed by atoms with Gasteiger partial charge in [-0.1, -0.05) is 72.4 Å². The normalized spacial score (nSPS) is 12.2. The number of aliphatic hydroxyl groups excluding tert-OH is 1. The molecule has 0 spiro atoms. The van der Waals surface area contributed by atoms with Crippen LogP contribution in [0.15, 0.2) is 65.8 Å². The fourth-order valence-electron chi connectivity index (χ4n) is 2.08. The minimum Gasteiger partial charge on any atom is -0.388 e. The van der Waals surface area contributed by atoms with Crippen LogP contribution in [0, 0.1) is 0 Å². The van der Waals surface area contributed by atoms with E-state index in [0.29, 0.717) is 17.5 Å². The van der Waals surface area contributed by atoms with Crippen LogP contribution >= 0.6 is 11.8 Å². The zero-order valence-corrected chi connectivity index (χ0v) is 12.7. The zero-order valence-electron chi connectivity index (χ0n) is 11.9. The lowest BCUT2D eigenvalue weighted by atomic mass is 10.1. The van der Waals surface area contributed by atoms with Gasteiger partial charge in [-0.15, -0.1) is 5.10 Å². The molecule has 1 N–H and O–H groups in total. The van der Waals surface area contributed by atoms with Gasteiger partial charge in [-0.2, -0.15) is 0 Å². The lowest BCUT2D eigenvalue weighted by molar-refractivity contribution is 0.204. The van der Waals surface area contributed by atoms with E-state index in [0.717, 1.165) is 11.1 Å². The first-order valence-corrected chi connectivity index (χ1v) is 7.97. The predicted octanol–water partition coefficient (Wildman–Crippen LogP) is 2.55. The summed E-state index contributed by atoms with van der Waals surface area (Å²) in [7, 11) is 0. The number of rotatable bonds is 6. The minimum atomic E-state index is -0.534. The molecule has 3 aromatic rings. The van der Waals surface area contributed by atoms with Crippen molar-refractivity contribution in [3.05, 3.63) is 71.8 Å². The van der Waals surface area contributed by atoms with Crippen LogP contribution in [0.5, 0.6) is 0 Å². The highest BCUT2D eigenvalue weighted by molar-refractivity contribution is 7.99. The molecule has 5 nitrogen and oxygen atoms in total. The maximum absolute atomic E-state index is 10.2. The molecule has 1 heterocycles. The van der Waals surface area contributed by atoms with Crippen LogP contribution in [-0.4, -0.2) is 31.1 Å². The van der Waals surface area contributed by atoms with E-state index < -0.39 is 6.10 Å². The Morgan fingerprint density at radius 3 is 2.41 bits per heavy atom. The number of thioether (sulfide) groups is 1. The van der Waals surface area contributed by atoms with Crippen molar-refractivity contribution in [3.63, 3.8) is 0 Å². The quantitative estimate of drug-likeness (QED) is 0.709. The first-order chi connectivity index (χ1) is 10.8. The van der Waals surface area contributed by atoms with E-state index in [1.807, 2.05) is 60.7 Å². The van der Waals surface area contributed by atoms with Gasteiger partial charge >= 0.3 is 0 Å². The van der Waals surface area contributed by atoms with Gasteiger partial charge < -0.3 is 5.11 Å². The van der Waals surface area contributed by atoms with Crippen LogP contribution in [0.25, 0.3) is 0 Å². The first-order valence-electron chi connectivity index (χ1n) is 6.99. The zero-order chi connectivity index (χ0) is 15.2. The fraction of sp³-hybridized carbons (Fsp3) is 0.188. The molecular formula is C16H16N4OS. The van der Waals surface area contributed by atoms with Gasteiger partial charge in [0.25, 0.3) is 0 Å². The van der Waals surface area contributed by atoms with E-state index in [2.05, 4.69) is 15.5 Å². The van der Waals surface area contributed by atoms with Gasteiger partial charge in [0.2, 0.25) is 5.16 Å². The molecule has 3 rings (SSSR count). The monoisotopic (exact) mass is 312 g/mol. The summed E-state index contributed by atoms with van der Waals surface area (Å²) in [6.45, 7) is 0.623. The number of hydrogen-bond acceptors (Lipinski definition) is 5. The maximum Gasteiger partial charge on any atom is 0.209 e. The number of aromatic nitrogens is 4. The van der Waals surface area contributed by atoms with Gasteiger partial charge in [0.15, 0.2) is 0 Å². The Bertz CT molecular complexity index is 702. The van der Waals surface area contributed by atoms with E-state index in [9.17, 15) is 5.11 Å². The Labute approximate surface area is 133 Å². The van der Waals surface area contributed by atoms with Crippen LogP contribution < -0.4 is 0 Å². The molecule has 22 heavy (non-hydrogen) atoms. The number of aliphatic hydroxyl groups is 1. The van der Waals surface area contributed by atoms with Crippen molar-refractivity contribution >= 4 is 11.8 Å². The molecule has 0 aliphatic heterocycles. The van der Waals surface area contributed by atoms with E-state index in [-0.39, 0.29) is 0 Å². The summed E-state index contributed by atoms with van der Waals surface area (Å²) in [4.78, 5) is 0. The van der Waals surface area contributed by atoms with Crippen molar-refractivity contribution in [1.82, 2.24) is 20.2 Å². The summed E-state index contributed by atoms with van der Waals surface area (Å²) in [6.07, 6.45) is -0.534. The Hall–Kier alpha value is -2.18. The molecule has 0 radical (unpaired) electrons. The number of hydrogen-bond donors (Lipinski definition) is 1. The largest absolute Gasteiger partial charge is 0.388 e. The first kappa shape index (κ1) is 14.7. The van der Waals surface area contributed by atoms with Crippen molar-refractivity contribution in [2.24, 2.45) is 0 Å². The molecule has 2 aromatic carbocycles. The van der Waals surface area contributed by atoms with Crippen molar-refractivity contribution < 1.29 is 5.11 Å². The highest BCUT2D eigenvalue weighted by Crippen LogP contribution is 2.23. The minimum absolute atomic E-state index is 0.513. The summed E-state index contributed by atoms with van der Waals surface area (Å²) in [5, 5.41) is 22.7. The molecule has 112 valence electrons. The lowest BCUT2D eigenvalue weighted by Crippen LogP contribution is -2.06. The number of nitrogens with zero attached hydrogens (tertiary/aromatic N) is 4. The highest BCUT2D eigenvalue weighted by atomic mass is 32.2. The molecule has 1 atom stereocenters. The van der Waals surface area contributed by atoms with Crippen LogP contribution in [0.3, 0.4) is 0 Å². The molecule has 0 bridgehead atoms. The molecule has 0 aliphatic rings. The second kappa shape index (κ2) is 7.20. The molecule has 0 saturated carbocycles. The average Bonchev–Trinajstić information content (AvgIpc) is 3.01. The maximum atomic E-state index is 10.2. The van der Waals surface area contributed by atoms with E-state index >= 15 is 0 Å². The second-order valence-electron chi connectivity index (χ2n) is 4.84. The third-order valence-electron chi connectivity index (χ3n) is 3.23. The third kappa shape index (κ3) is 3.72. The van der Waals surface area contributed by atoms with Crippen molar-refractivity contribution in [1.29, 1.82) is 0 Å². The SMILES string of the molecule is O[C@H](CSc1nnnn1Cc1ccccc1)c1ccccc1. The predicted molar refractivity (Wildman–Crippen MR) is 85.5 cm³/mol. The summed E-state index contributed by atoms with van der Waals surface area (Å²) in [6, 6.07) is 19.6. The van der Waals surface area contributed by atoms with Crippen molar-refractivity contribution in [2.75, 3.05) is 5.75 Å². The smallest absolute Gasteiger partial charge is 0.209 e. The molecule has 0 amide bonds. The summed E-state index contributed by atoms with van der Waals surface area (Å²) < 4.78 is 1.75. The summed E-state index contributed by atoms with van der Waals surface area (Å²) in [5.74, 6) is 0.513. The topological polar surface area (TPSA) is 63.8 Å². The third-order valence-corrected chi connectivity index (χ3v) is 4.26. The van der Waals surface area contributed by atoms with E-state index in [1.165, 1.54) is 11.8 Å². The molecule has 0 fully saturated rings. The van der Waals surface area contributed by atoms with Crippen LogP contribution in [0.2, 0.25) is 0 Å². The average molecular weight is 312 g/mol. The summed E-state index contributed by atoms with van der Waals surface area (Å²) >= 11 is 1.45. The Morgan fingerprint density at radius 1 is 1.00 bits per heavy atom. The fourth-order valence-corrected chi connectivity index (χ4v) is 2.92. The summed E-state index contributed by atoms with van der Waals surface area (Å²) in [5.41, 5.74) is 2.04. The molecule has 6 heteroatoms. The lowest BCUT2D eigenvalue weighted by Gasteiger charge is -2.10. The van der Waals surface area contributed by atoms with Gasteiger partial charge in [-0.3, -0.25) is 0 Å². The Balaban J connectivity index is 1.63. The van der Waals surface area contributed by atoms with Gasteiger partial charge in [-0.05, 0) is 21.6 Å². The number of tetrazole rings is 1.